The van der Waals surface area contributed by atoms with Crippen molar-refractivity contribution in [2.75, 3.05) is 17.2 Å². The molecule has 1 aliphatic heterocycles. The number of carbonyl (C=O) groups excluding carboxylic acids is 1. The fourth-order valence-corrected chi connectivity index (χ4v) is 2.94. The van der Waals surface area contributed by atoms with Gasteiger partial charge in [-0.15, -0.1) is 0 Å². The molecule has 1 heterocycles. The number of fused-ring (bicyclic) bond motifs is 1. The summed E-state index contributed by atoms with van der Waals surface area (Å²) in [4.78, 5) is 12.4. The summed E-state index contributed by atoms with van der Waals surface area (Å²) < 4.78 is 0.908. The molecule has 0 saturated carbocycles. The molecule has 108 valence electrons. The normalized spacial score (nSPS) is 13.2. The summed E-state index contributed by atoms with van der Waals surface area (Å²) in [6.07, 6.45) is 2.26. The number of hydrogen-bond acceptors (Lipinski definition) is 2. The molecule has 0 unspecified atom stereocenters. The van der Waals surface area contributed by atoms with Gasteiger partial charge in [0.2, 0.25) is 0 Å². The second-order valence-corrected chi connectivity index (χ2v) is 6.23. The summed E-state index contributed by atoms with van der Waals surface area (Å²) in [7, 11) is 0. The minimum Gasteiger partial charge on any atom is -0.385 e. The highest BCUT2D eigenvalue weighted by Crippen LogP contribution is 2.26. The highest BCUT2D eigenvalue weighted by atomic mass is 79.9. The van der Waals surface area contributed by atoms with E-state index in [4.69, 9.17) is 0 Å². The third-order valence-electron chi connectivity index (χ3n) is 3.75. The van der Waals surface area contributed by atoms with E-state index < -0.39 is 0 Å². The quantitative estimate of drug-likeness (QED) is 0.849. The number of carbonyl (C=O) groups is 1. The average Bonchev–Trinajstić information content (AvgIpc) is 2.49. The van der Waals surface area contributed by atoms with E-state index in [0.717, 1.165) is 40.8 Å². The van der Waals surface area contributed by atoms with Gasteiger partial charge in [0.25, 0.3) is 5.91 Å². The summed E-state index contributed by atoms with van der Waals surface area (Å²) >= 11 is 3.41. The van der Waals surface area contributed by atoms with E-state index in [1.807, 2.05) is 37.3 Å². The van der Waals surface area contributed by atoms with Gasteiger partial charge in [-0.1, -0.05) is 28.1 Å². The summed E-state index contributed by atoms with van der Waals surface area (Å²) in [5.41, 5.74) is 4.93. The molecule has 2 aromatic carbocycles. The smallest absolute Gasteiger partial charge is 0.255 e. The number of benzene rings is 2. The Morgan fingerprint density at radius 3 is 2.95 bits per heavy atom. The monoisotopic (exact) mass is 344 g/mol. The number of halogens is 1. The maximum absolute atomic E-state index is 12.4. The maximum Gasteiger partial charge on any atom is 0.255 e. The molecular weight excluding hydrogens is 328 g/mol. The molecule has 2 aromatic rings. The van der Waals surface area contributed by atoms with Gasteiger partial charge >= 0.3 is 0 Å². The van der Waals surface area contributed by atoms with Crippen molar-refractivity contribution in [1.29, 1.82) is 0 Å². The molecule has 0 fully saturated rings. The van der Waals surface area contributed by atoms with Crippen LogP contribution in [0, 0.1) is 6.92 Å². The summed E-state index contributed by atoms with van der Waals surface area (Å²) in [5, 5.41) is 6.35. The Balaban J connectivity index is 1.83. The predicted octanol–water partition coefficient (Wildman–Crippen LogP) is 4.37. The third-order valence-corrected chi connectivity index (χ3v) is 4.24. The molecular formula is C17H17BrN2O. The van der Waals surface area contributed by atoms with Gasteiger partial charge in [-0.25, -0.2) is 0 Å². The summed E-state index contributed by atoms with van der Waals surface area (Å²) in [6, 6.07) is 11.8. The van der Waals surface area contributed by atoms with E-state index in [9.17, 15) is 4.79 Å². The van der Waals surface area contributed by atoms with Crippen molar-refractivity contribution in [1.82, 2.24) is 0 Å². The van der Waals surface area contributed by atoms with Crippen molar-refractivity contribution in [2.45, 2.75) is 19.8 Å². The minimum atomic E-state index is -0.0791. The van der Waals surface area contributed by atoms with Crippen molar-refractivity contribution in [3.05, 3.63) is 57.6 Å². The second-order valence-electron chi connectivity index (χ2n) is 5.32. The molecule has 3 rings (SSSR count). The number of nitrogens with one attached hydrogen (secondary N) is 2. The third kappa shape index (κ3) is 3.10. The first-order valence-corrected chi connectivity index (χ1v) is 7.87. The lowest BCUT2D eigenvalue weighted by Crippen LogP contribution is -2.15. The molecule has 0 saturated heterocycles. The van der Waals surface area contributed by atoms with Crippen molar-refractivity contribution in [3.8, 4) is 0 Å². The van der Waals surface area contributed by atoms with Crippen LogP contribution < -0.4 is 10.6 Å². The average molecular weight is 345 g/mol. The minimum absolute atomic E-state index is 0.0791. The Kier molecular flexibility index (Phi) is 3.97. The Morgan fingerprint density at radius 2 is 2.10 bits per heavy atom. The first kappa shape index (κ1) is 14.1. The molecule has 0 radical (unpaired) electrons. The van der Waals surface area contributed by atoms with Crippen molar-refractivity contribution < 1.29 is 4.79 Å². The van der Waals surface area contributed by atoms with Gasteiger partial charge in [-0.2, -0.15) is 0 Å². The fraction of sp³-hybridized carbons (Fsp3) is 0.235. The first-order chi connectivity index (χ1) is 10.1. The van der Waals surface area contributed by atoms with Gasteiger partial charge in [-0.05, 0) is 55.2 Å². The number of rotatable bonds is 2. The first-order valence-electron chi connectivity index (χ1n) is 7.08. The Hall–Kier alpha value is -1.81. The van der Waals surface area contributed by atoms with E-state index in [2.05, 4.69) is 32.6 Å². The second kappa shape index (κ2) is 5.90. The number of hydrogen-bond donors (Lipinski definition) is 2. The van der Waals surface area contributed by atoms with Crippen LogP contribution in [0.3, 0.4) is 0 Å². The zero-order chi connectivity index (χ0) is 14.8. The van der Waals surface area contributed by atoms with Crippen molar-refractivity contribution >= 4 is 33.2 Å². The van der Waals surface area contributed by atoms with E-state index in [1.54, 1.807) is 0 Å². The van der Waals surface area contributed by atoms with E-state index in [1.165, 1.54) is 5.56 Å². The van der Waals surface area contributed by atoms with E-state index in [-0.39, 0.29) is 5.91 Å². The van der Waals surface area contributed by atoms with Gasteiger partial charge in [0.05, 0.1) is 0 Å². The standard InChI is InChI=1S/C17H17BrN2O/c1-11-4-6-13(18)9-15(11)17(21)20-14-7-5-12-3-2-8-19-16(12)10-14/h4-7,9-10,19H,2-3,8H2,1H3,(H,20,21). The summed E-state index contributed by atoms with van der Waals surface area (Å²) in [6.45, 7) is 2.94. The Bertz CT molecular complexity index is 697. The Labute approximate surface area is 132 Å². The van der Waals surface area contributed by atoms with Crippen molar-refractivity contribution in [3.63, 3.8) is 0 Å². The topological polar surface area (TPSA) is 41.1 Å². The molecule has 21 heavy (non-hydrogen) atoms. The molecule has 1 aliphatic rings. The number of anilines is 2. The highest BCUT2D eigenvalue weighted by Gasteiger charge is 2.12. The van der Waals surface area contributed by atoms with Crippen LogP contribution in [0.15, 0.2) is 40.9 Å². The van der Waals surface area contributed by atoms with Crippen LogP contribution in [-0.2, 0) is 6.42 Å². The number of amides is 1. The largest absolute Gasteiger partial charge is 0.385 e. The molecule has 0 aliphatic carbocycles. The molecule has 0 aromatic heterocycles. The molecule has 0 atom stereocenters. The Morgan fingerprint density at radius 1 is 1.24 bits per heavy atom. The molecule has 4 heteroatoms. The van der Waals surface area contributed by atoms with Crippen LogP contribution in [0.2, 0.25) is 0 Å². The zero-order valence-electron chi connectivity index (χ0n) is 11.9. The van der Waals surface area contributed by atoms with E-state index >= 15 is 0 Å². The fourth-order valence-electron chi connectivity index (χ4n) is 2.58. The van der Waals surface area contributed by atoms with Crippen LogP contribution in [0.25, 0.3) is 0 Å². The van der Waals surface area contributed by atoms with Gasteiger partial charge in [0.15, 0.2) is 0 Å². The van der Waals surface area contributed by atoms with Gasteiger partial charge in [0.1, 0.15) is 0 Å². The molecule has 1 amide bonds. The lowest BCUT2D eigenvalue weighted by molar-refractivity contribution is 0.102. The van der Waals surface area contributed by atoms with Gasteiger partial charge in [0, 0.05) is 28.0 Å². The van der Waals surface area contributed by atoms with Crippen LogP contribution >= 0.6 is 15.9 Å². The van der Waals surface area contributed by atoms with Gasteiger partial charge < -0.3 is 10.6 Å². The van der Waals surface area contributed by atoms with Crippen LogP contribution in [0.5, 0.6) is 0 Å². The molecule has 3 nitrogen and oxygen atoms in total. The zero-order valence-corrected chi connectivity index (χ0v) is 13.5. The van der Waals surface area contributed by atoms with Crippen LogP contribution in [-0.4, -0.2) is 12.5 Å². The highest BCUT2D eigenvalue weighted by molar-refractivity contribution is 9.10. The van der Waals surface area contributed by atoms with Crippen LogP contribution in [0.4, 0.5) is 11.4 Å². The predicted molar refractivity (Wildman–Crippen MR) is 90.1 cm³/mol. The lowest BCUT2D eigenvalue weighted by atomic mass is 10.0. The number of aryl methyl sites for hydroxylation is 2. The summed E-state index contributed by atoms with van der Waals surface area (Å²) in [5.74, 6) is -0.0791. The molecule has 0 bridgehead atoms. The SMILES string of the molecule is Cc1ccc(Br)cc1C(=O)Nc1ccc2c(c1)NCCC2. The molecule has 0 spiro atoms. The maximum atomic E-state index is 12.4. The van der Waals surface area contributed by atoms with Crippen molar-refractivity contribution in [2.24, 2.45) is 0 Å². The van der Waals surface area contributed by atoms with Crippen LogP contribution in [0.1, 0.15) is 27.9 Å². The van der Waals surface area contributed by atoms with E-state index in [0.29, 0.717) is 5.56 Å². The van der Waals surface area contributed by atoms with Gasteiger partial charge in [-0.3, -0.25) is 4.79 Å². The lowest BCUT2D eigenvalue weighted by Gasteiger charge is -2.19. The molecule has 2 N–H and O–H groups in total.